The van der Waals surface area contributed by atoms with Crippen LogP contribution in [0.15, 0.2) is 121 Å². The van der Waals surface area contributed by atoms with E-state index < -0.39 is 35.5 Å². The molecule has 0 aliphatic heterocycles. The molecule has 0 fully saturated rings. The van der Waals surface area contributed by atoms with Crippen molar-refractivity contribution in [2.24, 2.45) is 0 Å². The fourth-order valence-electron chi connectivity index (χ4n) is 8.68. The maximum absolute atomic E-state index is 15.2. The monoisotopic (exact) mass is 981 g/mol. The molecule has 0 amide bonds. The van der Waals surface area contributed by atoms with Gasteiger partial charge in [0.05, 0.1) is 22.3 Å². The molecule has 8 nitrogen and oxygen atoms in total. The Balaban J connectivity index is 0.934. The number of carbonyl (C=O) groups excluding carboxylic acids is 4. The molecule has 72 heavy (non-hydrogen) atoms. The number of unbranched alkanes of at least 4 members (excludes halogenated alkanes) is 18. The number of aryl methyl sites for hydroxylation is 2. The summed E-state index contributed by atoms with van der Waals surface area (Å²) in [5.74, 6) is -5.12. The van der Waals surface area contributed by atoms with Crippen molar-refractivity contribution in [2.75, 3.05) is 0 Å². The van der Waals surface area contributed by atoms with Crippen molar-refractivity contribution in [3.8, 4) is 23.0 Å². The Morgan fingerprint density at radius 1 is 0.333 bits per heavy atom. The first-order valence-electron chi connectivity index (χ1n) is 26.3. The van der Waals surface area contributed by atoms with E-state index in [2.05, 4.69) is 13.8 Å². The summed E-state index contributed by atoms with van der Waals surface area (Å²) in [6, 6.07) is 30.8. The number of hydrogen-bond donors (Lipinski definition) is 0. The van der Waals surface area contributed by atoms with Crippen molar-refractivity contribution >= 4 is 34.6 Å². The number of fused-ring (bicyclic) bond motifs is 1. The van der Waals surface area contributed by atoms with Gasteiger partial charge in [-0.3, -0.25) is 0 Å². The summed E-state index contributed by atoms with van der Waals surface area (Å²) in [5, 5.41) is 1.21. The van der Waals surface area contributed by atoms with Crippen LogP contribution in [0.1, 0.15) is 195 Å². The second kappa shape index (κ2) is 29.6. The average molecular weight is 981 g/mol. The quantitative estimate of drug-likeness (QED) is 0.0250. The molecule has 0 aromatic heterocycles. The van der Waals surface area contributed by atoms with Crippen LogP contribution in [0.5, 0.6) is 23.0 Å². The van der Waals surface area contributed by atoms with Crippen LogP contribution in [0.25, 0.3) is 10.8 Å². The molecule has 0 bridgehead atoms. The van der Waals surface area contributed by atoms with Gasteiger partial charge in [0.2, 0.25) is 0 Å². The van der Waals surface area contributed by atoms with E-state index in [1.165, 1.54) is 164 Å². The fraction of sp³-hybridized carbons (Fsp3) is 0.387. The minimum absolute atomic E-state index is 0.0681. The SMILES string of the molecule is CCCCCCCCCCCCc1ccc(C(=O)Oc2ccc(C(=O)Oc3ccc4ccc(OC(=O)c5ccc(OC(=O)c6ccc(CCCCCCCCCCCC)cc6)cc5F)cc4c3)c(F)c2)cc1. The highest BCUT2D eigenvalue weighted by Gasteiger charge is 2.20. The van der Waals surface area contributed by atoms with E-state index in [-0.39, 0.29) is 34.1 Å². The van der Waals surface area contributed by atoms with Crippen LogP contribution < -0.4 is 18.9 Å². The lowest BCUT2D eigenvalue weighted by Gasteiger charge is -2.10. The van der Waals surface area contributed by atoms with Crippen LogP contribution in [-0.4, -0.2) is 23.9 Å². The number of rotatable bonds is 30. The molecule has 380 valence electrons. The molecule has 0 N–H and O–H groups in total. The van der Waals surface area contributed by atoms with Crippen LogP contribution in [0.3, 0.4) is 0 Å². The maximum atomic E-state index is 15.2. The number of carbonyl (C=O) groups is 4. The predicted molar refractivity (Wildman–Crippen MR) is 281 cm³/mol. The number of benzene rings is 6. The molecule has 0 unspecified atom stereocenters. The zero-order chi connectivity index (χ0) is 50.9. The molecular weight excluding hydrogens is 911 g/mol. The molecule has 0 saturated heterocycles. The highest BCUT2D eigenvalue weighted by molar-refractivity contribution is 5.95. The van der Waals surface area contributed by atoms with Gasteiger partial charge in [0.1, 0.15) is 34.6 Å². The Morgan fingerprint density at radius 2 is 0.639 bits per heavy atom. The summed E-state index contributed by atoms with van der Waals surface area (Å²) in [5.41, 5.74) is 2.18. The average Bonchev–Trinajstić information content (AvgIpc) is 3.37. The van der Waals surface area contributed by atoms with Crippen molar-refractivity contribution in [2.45, 2.75) is 155 Å². The third-order valence-electron chi connectivity index (χ3n) is 13.0. The first-order chi connectivity index (χ1) is 35.1. The van der Waals surface area contributed by atoms with E-state index in [0.717, 1.165) is 48.9 Å². The minimum Gasteiger partial charge on any atom is -0.423 e. The molecule has 0 radical (unpaired) electrons. The van der Waals surface area contributed by atoms with E-state index in [1.54, 1.807) is 36.4 Å². The van der Waals surface area contributed by atoms with E-state index in [1.807, 2.05) is 24.3 Å². The van der Waals surface area contributed by atoms with Crippen molar-refractivity contribution < 1.29 is 46.9 Å². The third kappa shape index (κ3) is 17.9. The zero-order valence-electron chi connectivity index (χ0n) is 42.1. The largest absolute Gasteiger partial charge is 0.423 e. The second-order valence-electron chi connectivity index (χ2n) is 18.8. The molecule has 6 aromatic rings. The van der Waals surface area contributed by atoms with Crippen LogP contribution in [0.4, 0.5) is 8.78 Å². The Hall–Kier alpha value is -6.68. The Bertz CT molecular complexity index is 2500. The minimum atomic E-state index is -0.984. The molecule has 0 aliphatic carbocycles. The summed E-state index contributed by atoms with van der Waals surface area (Å²) in [4.78, 5) is 51.9. The van der Waals surface area contributed by atoms with E-state index in [9.17, 15) is 19.2 Å². The summed E-state index contributed by atoms with van der Waals surface area (Å²) in [7, 11) is 0. The third-order valence-corrected chi connectivity index (χ3v) is 13.0. The number of hydrogen-bond acceptors (Lipinski definition) is 8. The Labute approximate surface area is 424 Å². The molecule has 0 heterocycles. The molecule has 10 heteroatoms. The topological polar surface area (TPSA) is 105 Å². The molecular formula is C62H70F2O8. The lowest BCUT2D eigenvalue weighted by Crippen LogP contribution is -2.12. The van der Waals surface area contributed by atoms with Crippen molar-refractivity contribution in [1.29, 1.82) is 0 Å². The standard InChI is InChI=1S/C62H70F2O8/c1-3-5-7-9-11-13-15-17-19-21-23-45-25-29-48(30-26-45)59(65)69-53-37-39-55(57(63)43-53)61(67)71-51-35-33-47-34-36-52(42-50(47)41-51)72-62(68)56-40-38-54(44-58(56)64)70-60(66)49-31-27-46(28-32-49)24-22-20-18-16-14-12-10-8-6-4-2/h25-44H,3-24H2,1-2H3. The lowest BCUT2D eigenvalue weighted by molar-refractivity contribution is 0.0715. The lowest BCUT2D eigenvalue weighted by atomic mass is 10.0. The van der Waals surface area contributed by atoms with E-state index >= 15 is 8.78 Å². The van der Waals surface area contributed by atoms with Crippen LogP contribution >= 0.6 is 0 Å². The van der Waals surface area contributed by atoms with Crippen molar-refractivity contribution in [3.05, 3.63) is 166 Å². The summed E-state index contributed by atoms with van der Waals surface area (Å²) >= 11 is 0. The van der Waals surface area contributed by atoms with Gasteiger partial charge < -0.3 is 18.9 Å². The molecule has 0 spiro atoms. The summed E-state index contributed by atoms with van der Waals surface area (Å²) < 4.78 is 52.3. The van der Waals surface area contributed by atoms with Gasteiger partial charge in [0, 0.05) is 12.1 Å². The van der Waals surface area contributed by atoms with Crippen molar-refractivity contribution in [3.63, 3.8) is 0 Å². The molecule has 0 aliphatic rings. The number of esters is 4. The fourth-order valence-corrected chi connectivity index (χ4v) is 8.68. The maximum Gasteiger partial charge on any atom is 0.346 e. The van der Waals surface area contributed by atoms with Gasteiger partial charge in [-0.1, -0.05) is 166 Å². The molecule has 6 rings (SSSR count). The smallest absolute Gasteiger partial charge is 0.346 e. The van der Waals surface area contributed by atoms with Gasteiger partial charge in [0.15, 0.2) is 0 Å². The first-order valence-corrected chi connectivity index (χ1v) is 26.3. The van der Waals surface area contributed by atoms with Gasteiger partial charge in [-0.15, -0.1) is 0 Å². The summed E-state index contributed by atoms with van der Waals surface area (Å²) in [6.07, 6.45) is 27.2. The van der Waals surface area contributed by atoms with Gasteiger partial charge in [-0.05, 0) is 120 Å². The highest BCUT2D eigenvalue weighted by Crippen LogP contribution is 2.28. The van der Waals surface area contributed by atoms with Crippen LogP contribution in [-0.2, 0) is 12.8 Å². The Morgan fingerprint density at radius 3 is 0.986 bits per heavy atom. The Kier molecular flexibility index (Phi) is 22.5. The van der Waals surface area contributed by atoms with Gasteiger partial charge in [0.25, 0.3) is 0 Å². The number of ether oxygens (including phenoxy) is 4. The zero-order valence-corrected chi connectivity index (χ0v) is 42.1. The molecule has 0 atom stereocenters. The molecule has 0 saturated carbocycles. The second-order valence-corrected chi connectivity index (χ2v) is 18.8. The van der Waals surface area contributed by atoms with Gasteiger partial charge >= 0.3 is 23.9 Å². The van der Waals surface area contributed by atoms with E-state index in [4.69, 9.17) is 18.9 Å². The highest BCUT2D eigenvalue weighted by atomic mass is 19.1. The first kappa shape index (κ1) is 54.6. The summed E-state index contributed by atoms with van der Waals surface area (Å²) in [6.45, 7) is 4.47. The number of halogens is 2. The van der Waals surface area contributed by atoms with Gasteiger partial charge in [-0.25, -0.2) is 28.0 Å². The predicted octanol–water partition coefficient (Wildman–Crippen LogP) is 16.9. The van der Waals surface area contributed by atoms with Crippen LogP contribution in [0, 0.1) is 11.6 Å². The van der Waals surface area contributed by atoms with Crippen LogP contribution in [0.2, 0.25) is 0 Å². The van der Waals surface area contributed by atoms with Crippen molar-refractivity contribution in [1.82, 2.24) is 0 Å². The molecule has 6 aromatic carbocycles. The normalized spacial score (nSPS) is 11.1. The van der Waals surface area contributed by atoms with Gasteiger partial charge in [-0.2, -0.15) is 0 Å². The van der Waals surface area contributed by atoms with E-state index in [0.29, 0.717) is 21.9 Å².